The standard InChI is InChI=1S/C18H31N3O5S/c1-13(2)21(27(25,26)16-9-7-14(19)8-10-16)15(12-22)6-5-11-18(3,4)20-17(23)24/h7-10,13,15,20,22H,5-6,11-12,19H2,1-4H3,(H,23,24)/t15-/m0/s1. The molecule has 0 spiro atoms. The summed E-state index contributed by atoms with van der Waals surface area (Å²) in [4.78, 5) is 11.0. The molecule has 1 aromatic rings. The molecule has 0 unspecified atom stereocenters. The topological polar surface area (TPSA) is 133 Å². The second-order valence-corrected chi connectivity index (χ2v) is 9.38. The van der Waals surface area contributed by atoms with E-state index in [9.17, 15) is 18.3 Å². The molecule has 9 heteroatoms. The van der Waals surface area contributed by atoms with Gasteiger partial charge >= 0.3 is 6.09 Å². The number of nitrogens with zero attached hydrogens (tertiary/aromatic N) is 1. The van der Waals surface area contributed by atoms with Crippen molar-refractivity contribution in [3.8, 4) is 0 Å². The summed E-state index contributed by atoms with van der Waals surface area (Å²) in [6, 6.07) is 5.00. The normalized spacial score (nSPS) is 13.7. The fourth-order valence-electron chi connectivity index (χ4n) is 3.09. The van der Waals surface area contributed by atoms with Crippen molar-refractivity contribution in [2.75, 3.05) is 12.3 Å². The first-order valence-corrected chi connectivity index (χ1v) is 10.4. The quantitative estimate of drug-likeness (QED) is 0.444. The maximum Gasteiger partial charge on any atom is 0.405 e. The van der Waals surface area contributed by atoms with Gasteiger partial charge in [-0.25, -0.2) is 13.2 Å². The van der Waals surface area contributed by atoms with Crippen LogP contribution in [0.2, 0.25) is 0 Å². The van der Waals surface area contributed by atoms with Crippen LogP contribution in [0, 0.1) is 0 Å². The number of nitrogens with two attached hydrogens (primary N) is 1. The third-order valence-corrected chi connectivity index (χ3v) is 6.46. The van der Waals surface area contributed by atoms with E-state index in [-0.39, 0.29) is 17.5 Å². The number of benzene rings is 1. The van der Waals surface area contributed by atoms with Gasteiger partial charge in [-0.1, -0.05) is 0 Å². The van der Waals surface area contributed by atoms with Gasteiger partial charge in [0.15, 0.2) is 0 Å². The minimum atomic E-state index is -3.81. The molecule has 1 aromatic carbocycles. The second-order valence-electron chi connectivity index (χ2n) is 7.54. The lowest BCUT2D eigenvalue weighted by molar-refractivity contribution is 0.153. The highest BCUT2D eigenvalue weighted by Gasteiger charge is 2.33. The lowest BCUT2D eigenvalue weighted by Crippen LogP contribution is -2.47. The average Bonchev–Trinajstić information content (AvgIpc) is 2.52. The summed E-state index contributed by atoms with van der Waals surface area (Å²) in [6.07, 6.45) is 0.379. The van der Waals surface area contributed by atoms with Crippen LogP contribution >= 0.6 is 0 Å². The van der Waals surface area contributed by atoms with Crippen molar-refractivity contribution in [2.45, 2.75) is 69.5 Å². The molecule has 0 aliphatic rings. The van der Waals surface area contributed by atoms with E-state index in [0.29, 0.717) is 24.9 Å². The summed E-state index contributed by atoms with van der Waals surface area (Å²) >= 11 is 0. The SMILES string of the molecule is CC(C)N([C@H](CO)CCCC(C)(C)NC(=O)O)S(=O)(=O)c1ccc(N)cc1. The van der Waals surface area contributed by atoms with E-state index in [1.54, 1.807) is 27.7 Å². The molecule has 0 saturated carbocycles. The number of aliphatic hydroxyl groups excluding tert-OH is 1. The van der Waals surface area contributed by atoms with Gasteiger partial charge in [0.2, 0.25) is 10.0 Å². The monoisotopic (exact) mass is 401 g/mol. The first-order chi connectivity index (χ1) is 12.4. The van der Waals surface area contributed by atoms with Crippen molar-refractivity contribution in [3.63, 3.8) is 0 Å². The number of rotatable bonds is 10. The molecule has 1 amide bonds. The number of sulfonamides is 1. The Bertz CT molecular complexity index is 717. The predicted octanol–water partition coefficient (Wildman–Crippen LogP) is 2.25. The number of carbonyl (C=O) groups is 1. The molecule has 1 atom stereocenters. The first kappa shape index (κ1) is 23.2. The molecule has 0 aliphatic heterocycles. The van der Waals surface area contributed by atoms with Crippen molar-refractivity contribution in [1.82, 2.24) is 9.62 Å². The Labute approximate surface area is 161 Å². The summed E-state index contributed by atoms with van der Waals surface area (Å²) in [5, 5.41) is 21.1. The lowest BCUT2D eigenvalue weighted by atomic mass is 9.96. The van der Waals surface area contributed by atoms with Crippen LogP contribution in [0.1, 0.15) is 47.0 Å². The fourth-order valence-corrected chi connectivity index (χ4v) is 4.93. The molecular weight excluding hydrogens is 370 g/mol. The average molecular weight is 402 g/mol. The van der Waals surface area contributed by atoms with Crippen LogP contribution in [0.4, 0.5) is 10.5 Å². The molecular formula is C18H31N3O5S. The number of anilines is 1. The van der Waals surface area contributed by atoms with Gasteiger partial charge in [0.05, 0.1) is 11.5 Å². The number of hydrogen-bond acceptors (Lipinski definition) is 5. The zero-order valence-electron chi connectivity index (χ0n) is 16.3. The Hall–Kier alpha value is -1.84. The van der Waals surface area contributed by atoms with E-state index in [2.05, 4.69) is 5.32 Å². The van der Waals surface area contributed by atoms with Gasteiger partial charge in [-0.15, -0.1) is 0 Å². The largest absolute Gasteiger partial charge is 0.465 e. The molecule has 0 saturated heterocycles. The highest BCUT2D eigenvalue weighted by atomic mass is 32.2. The van der Waals surface area contributed by atoms with Crippen molar-refractivity contribution in [2.24, 2.45) is 0 Å². The van der Waals surface area contributed by atoms with Gasteiger partial charge in [0, 0.05) is 23.3 Å². The van der Waals surface area contributed by atoms with Crippen LogP contribution in [-0.2, 0) is 10.0 Å². The van der Waals surface area contributed by atoms with E-state index in [1.807, 2.05) is 0 Å². The molecule has 1 rings (SSSR count). The molecule has 0 radical (unpaired) electrons. The zero-order chi connectivity index (χ0) is 20.8. The molecule has 8 nitrogen and oxygen atoms in total. The Kier molecular flexibility index (Phi) is 8.06. The van der Waals surface area contributed by atoms with Gasteiger partial charge in [-0.3, -0.25) is 0 Å². The Morgan fingerprint density at radius 2 is 1.81 bits per heavy atom. The molecule has 5 N–H and O–H groups in total. The van der Waals surface area contributed by atoms with Crippen LogP contribution in [0.15, 0.2) is 29.2 Å². The fraction of sp³-hybridized carbons (Fsp3) is 0.611. The third kappa shape index (κ3) is 6.67. The molecule has 154 valence electrons. The predicted molar refractivity (Wildman–Crippen MR) is 105 cm³/mol. The number of nitrogen functional groups attached to an aromatic ring is 1. The molecule has 0 aromatic heterocycles. The van der Waals surface area contributed by atoms with Crippen molar-refractivity contribution in [1.29, 1.82) is 0 Å². The second kappa shape index (κ2) is 9.38. The molecule has 0 heterocycles. The van der Waals surface area contributed by atoms with E-state index in [0.717, 1.165) is 0 Å². The highest BCUT2D eigenvalue weighted by Crippen LogP contribution is 2.25. The maximum absolute atomic E-state index is 13.1. The minimum Gasteiger partial charge on any atom is -0.465 e. The maximum atomic E-state index is 13.1. The van der Waals surface area contributed by atoms with E-state index in [1.165, 1.54) is 28.6 Å². The van der Waals surface area contributed by atoms with Gasteiger partial charge in [0.1, 0.15) is 0 Å². The number of hydrogen-bond donors (Lipinski definition) is 4. The van der Waals surface area contributed by atoms with Crippen molar-refractivity contribution >= 4 is 21.8 Å². The van der Waals surface area contributed by atoms with Gasteiger partial charge < -0.3 is 21.3 Å². The number of amides is 1. The highest BCUT2D eigenvalue weighted by molar-refractivity contribution is 7.89. The van der Waals surface area contributed by atoms with Crippen LogP contribution in [-0.4, -0.2) is 53.3 Å². The van der Waals surface area contributed by atoms with Crippen LogP contribution in [0.3, 0.4) is 0 Å². The molecule has 0 aliphatic carbocycles. The smallest absolute Gasteiger partial charge is 0.405 e. The van der Waals surface area contributed by atoms with Crippen LogP contribution < -0.4 is 11.1 Å². The first-order valence-electron chi connectivity index (χ1n) is 8.92. The van der Waals surface area contributed by atoms with Gasteiger partial charge in [0.25, 0.3) is 0 Å². The number of nitrogens with one attached hydrogen (secondary N) is 1. The Balaban J connectivity index is 2.96. The lowest BCUT2D eigenvalue weighted by Gasteiger charge is -2.34. The molecule has 27 heavy (non-hydrogen) atoms. The zero-order valence-corrected chi connectivity index (χ0v) is 17.2. The number of aliphatic hydroxyl groups is 1. The van der Waals surface area contributed by atoms with Gasteiger partial charge in [-0.2, -0.15) is 4.31 Å². The van der Waals surface area contributed by atoms with Crippen LogP contribution in [0.25, 0.3) is 0 Å². The number of carboxylic acid groups (broad SMARTS) is 1. The minimum absolute atomic E-state index is 0.122. The molecule has 0 bridgehead atoms. The summed E-state index contributed by atoms with van der Waals surface area (Å²) in [5.74, 6) is 0. The van der Waals surface area contributed by atoms with E-state index < -0.39 is 27.7 Å². The summed E-state index contributed by atoms with van der Waals surface area (Å²) in [5.41, 5.74) is 5.47. The van der Waals surface area contributed by atoms with Gasteiger partial charge in [-0.05, 0) is 71.2 Å². The van der Waals surface area contributed by atoms with Crippen molar-refractivity contribution in [3.05, 3.63) is 24.3 Å². The van der Waals surface area contributed by atoms with Crippen LogP contribution in [0.5, 0.6) is 0 Å². The summed E-state index contributed by atoms with van der Waals surface area (Å²) < 4.78 is 27.5. The van der Waals surface area contributed by atoms with Crippen molar-refractivity contribution < 1.29 is 23.4 Å². The van der Waals surface area contributed by atoms with E-state index >= 15 is 0 Å². The van der Waals surface area contributed by atoms with E-state index in [4.69, 9.17) is 10.8 Å². The summed E-state index contributed by atoms with van der Waals surface area (Å²) in [7, 11) is -3.81. The Morgan fingerprint density at radius 1 is 1.26 bits per heavy atom. The molecule has 0 fully saturated rings. The third-order valence-electron chi connectivity index (χ3n) is 4.32. The summed E-state index contributed by atoms with van der Waals surface area (Å²) in [6.45, 7) is 6.72. The Morgan fingerprint density at radius 3 is 2.26 bits per heavy atom.